The second kappa shape index (κ2) is 9.42. The molecule has 0 aromatic carbocycles. The third-order valence-electron chi connectivity index (χ3n) is 2.09. The van der Waals surface area contributed by atoms with Gasteiger partial charge >= 0.3 is 5.97 Å². The van der Waals surface area contributed by atoms with Crippen molar-refractivity contribution in [3.05, 3.63) is 0 Å². The number of rotatable bonds is 9. The van der Waals surface area contributed by atoms with Gasteiger partial charge < -0.3 is 14.2 Å². The monoisotopic (exact) mass is 246 g/mol. The fourth-order valence-electron chi connectivity index (χ4n) is 0.978. The number of carbonyl (C=O) groups is 1. The highest BCUT2D eigenvalue weighted by molar-refractivity contribution is 5.75. The molecule has 0 aliphatic heterocycles. The van der Waals surface area contributed by atoms with Crippen LogP contribution in [0.3, 0.4) is 0 Å². The molecule has 17 heavy (non-hydrogen) atoms. The Morgan fingerprint density at radius 3 is 2.00 bits per heavy atom. The molecule has 0 radical (unpaired) electrons. The summed E-state index contributed by atoms with van der Waals surface area (Å²) in [4.78, 5) is 11.4. The summed E-state index contributed by atoms with van der Waals surface area (Å²) in [7, 11) is 0. The molecule has 0 unspecified atom stereocenters. The highest BCUT2D eigenvalue weighted by Crippen LogP contribution is 2.14. The Balaban J connectivity index is 3.22. The molecule has 0 aliphatic carbocycles. The molecule has 0 bridgehead atoms. The maximum Gasteiger partial charge on any atom is 0.311 e. The molecular weight excluding hydrogens is 220 g/mol. The molecule has 0 atom stereocenters. The van der Waals surface area contributed by atoms with E-state index in [9.17, 15) is 4.79 Å². The number of carbonyl (C=O) groups excluding carboxylic acids is 1. The van der Waals surface area contributed by atoms with Gasteiger partial charge in [-0.15, -0.1) is 0 Å². The SMILES string of the molecule is CCCCOCCOCCOC(=O)C(C)(C)C. The molecule has 0 spiro atoms. The highest BCUT2D eigenvalue weighted by atomic mass is 16.6. The molecule has 0 rings (SSSR count). The largest absolute Gasteiger partial charge is 0.463 e. The predicted octanol–water partition coefficient (Wildman–Crippen LogP) is 2.41. The van der Waals surface area contributed by atoms with Crippen molar-refractivity contribution >= 4 is 5.97 Å². The van der Waals surface area contributed by atoms with Crippen LogP contribution in [0.4, 0.5) is 0 Å². The Labute approximate surface area is 105 Å². The zero-order valence-corrected chi connectivity index (χ0v) is 11.6. The average Bonchev–Trinajstić information content (AvgIpc) is 2.25. The molecule has 0 heterocycles. The van der Waals surface area contributed by atoms with Crippen molar-refractivity contribution in [2.24, 2.45) is 5.41 Å². The topological polar surface area (TPSA) is 44.8 Å². The summed E-state index contributed by atoms with van der Waals surface area (Å²) >= 11 is 0. The third-order valence-corrected chi connectivity index (χ3v) is 2.09. The van der Waals surface area contributed by atoms with Crippen molar-refractivity contribution in [3.63, 3.8) is 0 Å². The zero-order chi connectivity index (χ0) is 13.1. The molecule has 0 aromatic rings. The molecule has 0 N–H and O–H groups in total. The van der Waals surface area contributed by atoms with Gasteiger partial charge in [-0.1, -0.05) is 13.3 Å². The fourth-order valence-corrected chi connectivity index (χ4v) is 0.978. The number of unbranched alkanes of at least 4 members (excludes halogenated alkanes) is 1. The lowest BCUT2D eigenvalue weighted by Crippen LogP contribution is -2.24. The summed E-state index contributed by atoms with van der Waals surface area (Å²) < 4.78 is 15.6. The van der Waals surface area contributed by atoms with E-state index in [-0.39, 0.29) is 5.97 Å². The van der Waals surface area contributed by atoms with Crippen LogP contribution in [0.15, 0.2) is 0 Å². The minimum atomic E-state index is -0.441. The van der Waals surface area contributed by atoms with Crippen LogP contribution < -0.4 is 0 Å². The smallest absolute Gasteiger partial charge is 0.311 e. The van der Waals surface area contributed by atoms with Gasteiger partial charge in [-0.3, -0.25) is 4.79 Å². The zero-order valence-electron chi connectivity index (χ0n) is 11.6. The lowest BCUT2D eigenvalue weighted by Gasteiger charge is -2.16. The van der Waals surface area contributed by atoms with E-state index in [4.69, 9.17) is 14.2 Å². The minimum Gasteiger partial charge on any atom is -0.463 e. The number of hydrogen-bond acceptors (Lipinski definition) is 4. The fraction of sp³-hybridized carbons (Fsp3) is 0.923. The van der Waals surface area contributed by atoms with E-state index in [1.54, 1.807) is 0 Å². The Morgan fingerprint density at radius 1 is 0.941 bits per heavy atom. The van der Waals surface area contributed by atoms with Crippen LogP contribution >= 0.6 is 0 Å². The molecule has 0 aliphatic rings. The van der Waals surface area contributed by atoms with Gasteiger partial charge in [-0.25, -0.2) is 0 Å². The van der Waals surface area contributed by atoms with E-state index in [0.29, 0.717) is 26.4 Å². The standard InChI is InChI=1S/C13H26O4/c1-5-6-7-15-8-9-16-10-11-17-12(14)13(2,3)4/h5-11H2,1-4H3. The summed E-state index contributed by atoms with van der Waals surface area (Å²) in [6.45, 7) is 10.3. The molecule has 0 saturated heterocycles. The van der Waals surface area contributed by atoms with Crippen molar-refractivity contribution < 1.29 is 19.0 Å². The van der Waals surface area contributed by atoms with E-state index < -0.39 is 5.41 Å². The minimum absolute atomic E-state index is 0.194. The summed E-state index contributed by atoms with van der Waals surface area (Å²) in [5, 5.41) is 0. The Kier molecular flexibility index (Phi) is 9.09. The van der Waals surface area contributed by atoms with E-state index in [1.807, 2.05) is 20.8 Å². The Hall–Kier alpha value is -0.610. The third kappa shape index (κ3) is 10.3. The maximum atomic E-state index is 11.4. The molecule has 0 amide bonds. The Bertz CT molecular complexity index is 196. The van der Waals surface area contributed by atoms with Crippen LogP contribution in [0.5, 0.6) is 0 Å². The lowest BCUT2D eigenvalue weighted by atomic mass is 9.97. The lowest BCUT2D eigenvalue weighted by molar-refractivity contribution is -0.154. The van der Waals surface area contributed by atoms with Crippen LogP contribution in [-0.4, -0.2) is 39.0 Å². The molecule has 4 nitrogen and oxygen atoms in total. The van der Waals surface area contributed by atoms with Gasteiger partial charge in [-0.2, -0.15) is 0 Å². The van der Waals surface area contributed by atoms with Crippen molar-refractivity contribution in [1.82, 2.24) is 0 Å². The van der Waals surface area contributed by atoms with E-state index in [1.165, 1.54) is 0 Å². The van der Waals surface area contributed by atoms with Crippen LogP contribution in [0, 0.1) is 5.41 Å². The maximum absolute atomic E-state index is 11.4. The van der Waals surface area contributed by atoms with E-state index in [2.05, 4.69) is 6.92 Å². The van der Waals surface area contributed by atoms with Crippen LogP contribution in [0.1, 0.15) is 40.5 Å². The molecule has 0 aromatic heterocycles. The number of hydrogen-bond donors (Lipinski definition) is 0. The molecule has 4 heteroatoms. The van der Waals surface area contributed by atoms with Crippen molar-refractivity contribution in [1.29, 1.82) is 0 Å². The summed E-state index contributed by atoms with van der Waals surface area (Å²) in [6, 6.07) is 0. The van der Waals surface area contributed by atoms with Gasteiger partial charge in [-0.05, 0) is 27.2 Å². The number of ether oxygens (including phenoxy) is 3. The first kappa shape index (κ1) is 16.4. The van der Waals surface area contributed by atoms with E-state index >= 15 is 0 Å². The average molecular weight is 246 g/mol. The summed E-state index contributed by atoms with van der Waals surface area (Å²) in [5.74, 6) is -0.194. The van der Waals surface area contributed by atoms with Gasteiger partial charge in [0.15, 0.2) is 0 Å². The molecule has 102 valence electrons. The van der Waals surface area contributed by atoms with Crippen LogP contribution in [-0.2, 0) is 19.0 Å². The summed E-state index contributed by atoms with van der Waals surface area (Å²) in [5.41, 5.74) is -0.441. The van der Waals surface area contributed by atoms with Gasteiger partial charge in [0.1, 0.15) is 6.61 Å². The first-order valence-electron chi connectivity index (χ1n) is 6.31. The Morgan fingerprint density at radius 2 is 1.47 bits per heavy atom. The van der Waals surface area contributed by atoms with Gasteiger partial charge in [0, 0.05) is 6.61 Å². The summed E-state index contributed by atoms with van der Waals surface area (Å²) in [6.07, 6.45) is 2.23. The van der Waals surface area contributed by atoms with Gasteiger partial charge in [0.05, 0.1) is 25.2 Å². The quantitative estimate of drug-likeness (QED) is 0.463. The molecule has 0 fully saturated rings. The van der Waals surface area contributed by atoms with Gasteiger partial charge in [0.25, 0.3) is 0 Å². The highest BCUT2D eigenvalue weighted by Gasteiger charge is 2.22. The molecule has 0 saturated carbocycles. The second-order valence-corrected chi connectivity index (χ2v) is 4.96. The van der Waals surface area contributed by atoms with Crippen molar-refractivity contribution in [2.45, 2.75) is 40.5 Å². The van der Waals surface area contributed by atoms with E-state index in [0.717, 1.165) is 19.4 Å². The molecular formula is C13H26O4. The van der Waals surface area contributed by atoms with Crippen LogP contribution in [0.2, 0.25) is 0 Å². The predicted molar refractivity (Wildman–Crippen MR) is 67.0 cm³/mol. The van der Waals surface area contributed by atoms with Crippen LogP contribution in [0.25, 0.3) is 0 Å². The normalized spacial score (nSPS) is 11.5. The van der Waals surface area contributed by atoms with Crippen molar-refractivity contribution in [2.75, 3.05) is 33.0 Å². The van der Waals surface area contributed by atoms with Gasteiger partial charge in [0.2, 0.25) is 0 Å². The van der Waals surface area contributed by atoms with Crippen molar-refractivity contribution in [3.8, 4) is 0 Å². The second-order valence-electron chi connectivity index (χ2n) is 4.96. The first-order chi connectivity index (χ1) is 7.98. The first-order valence-corrected chi connectivity index (χ1v) is 6.31. The number of esters is 1.